The van der Waals surface area contributed by atoms with Crippen LogP contribution < -0.4 is 16.1 Å². The summed E-state index contributed by atoms with van der Waals surface area (Å²) in [6, 6.07) is 16.2. The monoisotopic (exact) mass is 450 g/mol. The third kappa shape index (κ3) is 4.09. The molecule has 0 saturated heterocycles. The minimum atomic E-state index is -0.569. The van der Waals surface area contributed by atoms with Crippen LogP contribution in [0, 0.1) is 5.21 Å². The Morgan fingerprint density at radius 1 is 1.19 bits per heavy atom. The number of rotatable bonds is 7. The number of aromatic hydroxyl groups is 1. The first-order valence-electron chi connectivity index (χ1n) is 9.77. The van der Waals surface area contributed by atoms with Gasteiger partial charge in [-0.2, -0.15) is 0 Å². The second kappa shape index (κ2) is 8.83. The largest absolute Gasteiger partial charge is 0.733 e. The summed E-state index contributed by atoms with van der Waals surface area (Å²) in [7, 11) is 1.56. The highest BCUT2D eigenvalue weighted by Crippen LogP contribution is 2.32. The van der Waals surface area contributed by atoms with E-state index in [1.54, 1.807) is 43.4 Å². The lowest BCUT2D eigenvalue weighted by molar-refractivity contribution is 0.0972. The molecule has 8 nitrogen and oxygen atoms in total. The Hall–Kier alpha value is -3.66. The number of hydrogen-bond acceptors (Lipinski definition) is 8. The molecule has 4 rings (SSSR count). The van der Waals surface area contributed by atoms with Crippen molar-refractivity contribution in [1.29, 1.82) is 0 Å². The van der Waals surface area contributed by atoms with Gasteiger partial charge in [-0.1, -0.05) is 24.3 Å². The molecule has 0 fully saturated rings. The van der Waals surface area contributed by atoms with E-state index in [1.165, 1.54) is 28.0 Å². The number of aromatic nitrogens is 1. The van der Waals surface area contributed by atoms with Crippen LogP contribution in [-0.2, 0) is 7.05 Å². The predicted octanol–water partition coefficient (Wildman–Crippen LogP) is 4.43. The minimum Gasteiger partial charge on any atom is -0.733 e. The van der Waals surface area contributed by atoms with E-state index in [2.05, 4.69) is 5.32 Å². The summed E-state index contributed by atoms with van der Waals surface area (Å²) in [5.41, 5.74) is 0.249. The highest BCUT2D eigenvalue weighted by molar-refractivity contribution is 7.10. The van der Waals surface area contributed by atoms with Gasteiger partial charge in [-0.25, -0.2) is 0 Å². The highest BCUT2D eigenvalue weighted by Gasteiger charge is 2.25. The molecule has 0 aliphatic heterocycles. The Labute approximate surface area is 187 Å². The summed E-state index contributed by atoms with van der Waals surface area (Å²) in [4.78, 5) is 27.0. The van der Waals surface area contributed by atoms with Crippen LogP contribution in [0.2, 0.25) is 0 Å². The molecule has 0 aliphatic carbocycles. The van der Waals surface area contributed by atoms with Gasteiger partial charge in [-0.3, -0.25) is 14.8 Å². The normalized spacial score (nSPS) is 12.0. The van der Waals surface area contributed by atoms with Crippen molar-refractivity contribution in [3.05, 3.63) is 92.0 Å². The van der Waals surface area contributed by atoms with Crippen LogP contribution >= 0.6 is 11.3 Å². The lowest BCUT2D eigenvalue weighted by atomic mass is 10.0. The molecule has 0 saturated carbocycles. The topological polar surface area (TPSA) is 118 Å². The number of para-hydroxylation sites is 1. The smallest absolute Gasteiger partial charge is 0.265 e. The molecule has 3 N–H and O–H groups in total. The number of carbonyl (C=O) groups excluding carboxylic acids is 1. The first kappa shape index (κ1) is 21.6. The maximum atomic E-state index is 13.2. The molecule has 164 valence electrons. The Morgan fingerprint density at radius 3 is 2.69 bits per heavy atom. The Kier molecular flexibility index (Phi) is 5.95. The van der Waals surface area contributed by atoms with E-state index in [4.69, 9.17) is 5.21 Å². The third-order valence-electron chi connectivity index (χ3n) is 5.24. The molecule has 32 heavy (non-hydrogen) atoms. The summed E-state index contributed by atoms with van der Waals surface area (Å²) in [5.74, 6) is -0.841. The summed E-state index contributed by atoms with van der Waals surface area (Å²) >= 11 is 1.43. The number of nitrogens with zero attached hydrogens (tertiary/aromatic N) is 2. The fourth-order valence-electron chi connectivity index (χ4n) is 3.65. The molecule has 0 amide bonds. The zero-order valence-electron chi connectivity index (χ0n) is 17.1. The summed E-state index contributed by atoms with van der Waals surface area (Å²) < 4.78 is 1.35. The van der Waals surface area contributed by atoms with Gasteiger partial charge in [0.25, 0.3) is 5.56 Å². The molecule has 0 spiro atoms. The van der Waals surface area contributed by atoms with Crippen LogP contribution in [0.3, 0.4) is 0 Å². The molecule has 0 radical (unpaired) electrons. The van der Waals surface area contributed by atoms with Crippen LogP contribution in [-0.4, -0.2) is 20.7 Å². The Bertz CT molecular complexity index is 1330. The number of pyridine rings is 1. The molecular formula is C23H20N3O5S-. The molecule has 2 heterocycles. The molecular weight excluding hydrogens is 430 g/mol. The zero-order valence-corrected chi connectivity index (χ0v) is 17.9. The first-order chi connectivity index (χ1) is 15.4. The van der Waals surface area contributed by atoms with Gasteiger partial charge in [0.05, 0.1) is 17.2 Å². The van der Waals surface area contributed by atoms with Crippen LogP contribution in [0.4, 0.5) is 11.4 Å². The van der Waals surface area contributed by atoms with Crippen molar-refractivity contribution in [1.82, 2.24) is 4.57 Å². The van der Waals surface area contributed by atoms with E-state index in [0.29, 0.717) is 16.6 Å². The van der Waals surface area contributed by atoms with Crippen LogP contribution in [0.1, 0.15) is 27.7 Å². The lowest BCUT2D eigenvalue weighted by Gasteiger charge is -2.24. The van der Waals surface area contributed by atoms with E-state index in [0.717, 1.165) is 4.88 Å². The maximum Gasteiger partial charge on any atom is 0.265 e. The van der Waals surface area contributed by atoms with Crippen molar-refractivity contribution in [2.45, 2.75) is 12.5 Å². The number of anilines is 2. The SMILES string of the molecule is Cn1c(=O)c(C(=O)CC(Nc2cccc(N([O-])O)c2)c2cccs2)c(O)c2ccccc21. The molecule has 2 aromatic heterocycles. The fourth-order valence-corrected chi connectivity index (χ4v) is 4.42. The van der Waals surface area contributed by atoms with Crippen LogP contribution in [0.5, 0.6) is 5.75 Å². The lowest BCUT2D eigenvalue weighted by Crippen LogP contribution is -2.26. The average Bonchev–Trinajstić information content (AvgIpc) is 3.32. The van der Waals surface area contributed by atoms with Crippen LogP contribution in [0.15, 0.2) is 70.8 Å². The van der Waals surface area contributed by atoms with Gasteiger partial charge in [0.2, 0.25) is 0 Å². The number of benzene rings is 2. The fraction of sp³-hybridized carbons (Fsp3) is 0.130. The molecule has 1 atom stereocenters. The van der Waals surface area contributed by atoms with Gasteiger partial charge < -0.3 is 25.4 Å². The maximum absolute atomic E-state index is 13.2. The Morgan fingerprint density at radius 2 is 1.97 bits per heavy atom. The van der Waals surface area contributed by atoms with E-state index in [-0.39, 0.29) is 28.6 Å². The van der Waals surface area contributed by atoms with E-state index in [9.17, 15) is 19.9 Å². The first-order valence-corrected chi connectivity index (χ1v) is 10.6. The van der Waals surface area contributed by atoms with Gasteiger partial charge in [-0.05, 0) is 41.8 Å². The molecule has 4 aromatic rings. The average molecular weight is 450 g/mol. The highest BCUT2D eigenvalue weighted by atomic mass is 32.1. The standard InChI is InChI=1S/C23H20N3O5S/c1-25-18-9-3-2-8-16(18)22(28)21(23(25)29)19(27)13-17(20-10-5-11-32-20)24-14-6-4-7-15(12-14)26(30)31/h2-12,17,24,28,30H,13H2,1H3/q-1. The van der Waals surface area contributed by atoms with Crippen molar-refractivity contribution < 1.29 is 15.1 Å². The number of Topliss-reactive ketones (excluding diaryl/α,β-unsaturated/α-hetero) is 1. The van der Waals surface area contributed by atoms with Crippen LogP contribution in [0.25, 0.3) is 10.9 Å². The van der Waals surface area contributed by atoms with Gasteiger partial charge in [0.1, 0.15) is 11.3 Å². The quantitative estimate of drug-likeness (QED) is 0.282. The molecule has 1 unspecified atom stereocenters. The number of thiophene rings is 1. The minimum absolute atomic E-state index is 0.0345. The number of hydrogen-bond donors (Lipinski definition) is 3. The molecule has 2 aromatic carbocycles. The molecule has 0 bridgehead atoms. The number of carbonyl (C=O) groups is 1. The van der Waals surface area contributed by atoms with E-state index >= 15 is 0 Å². The number of aryl methyl sites for hydroxylation is 1. The summed E-state index contributed by atoms with van der Waals surface area (Å²) in [6.45, 7) is 0. The molecule has 0 aliphatic rings. The third-order valence-corrected chi connectivity index (χ3v) is 6.22. The second-order valence-corrected chi connectivity index (χ2v) is 8.25. The van der Waals surface area contributed by atoms with E-state index in [1.807, 2.05) is 17.5 Å². The zero-order chi connectivity index (χ0) is 22.8. The Balaban J connectivity index is 1.70. The van der Waals surface area contributed by atoms with Gasteiger partial charge in [-0.15, -0.1) is 11.3 Å². The van der Waals surface area contributed by atoms with Gasteiger partial charge >= 0.3 is 0 Å². The summed E-state index contributed by atoms with van der Waals surface area (Å²) in [6.07, 6.45) is -0.105. The summed E-state index contributed by atoms with van der Waals surface area (Å²) in [5, 5.41) is 36.4. The van der Waals surface area contributed by atoms with Crippen molar-refractivity contribution in [2.24, 2.45) is 7.05 Å². The number of nitrogens with one attached hydrogen (secondary N) is 1. The molecule has 9 heteroatoms. The van der Waals surface area contributed by atoms with Crippen molar-refractivity contribution >= 4 is 39.4 Å². The van der Waals surface area contributed by atoms with Crippen molar-refractivity contribution in [3.63, 3.8) is 0 Å². The van der Waals surface area contributed by atoms with Gasteiger partial charge in [0.15, 0.2) is 5.78 Å². The second-order valence-electron chi connectivity index (χ2n) is 7.27. The number of ketones is 1. The van der Waals surface area contributed by atoms with Gasteiger partial charge in [0, 0.05) is 29.4 Å². The van der Waals surface area contributed by atoms with Crippen molar-refractivity contribution in [3.8, 4) is 5.75 Å². The predicted molar refractivity (Wildman–Crippen MR) is 125 cm³/mol. The number of fused-ring (bicyclic) bond motifs is 1. The van der Waals surface area contributed by atoms with Crippen molar-refractivity contribution in [2.75, 3.05) is 10.5 Å². The van der Waals surface area contributed by atoms with E-state index < -0.39 is 17.4 Å².